The van der Waals surface area contributed by atoms with Gasteiger partial charge in [0.15, 0.2) is 23.3 Å². The van der Waals surface area contributed by atoms with Crippen molar-refractivity contribution in [2.45, 2.75) is 30.7 Å². The van der Waals surface area contributed by atoms with Crippen LogP contribution in [0.4, 0.5) is 19.0 Å². The summed E-state index contributed by atoms with van der Waals surface area (Å²) in [5.41, 5.74) is 8.10. The second-order valence-corrected chi connectivity index (χ2v) is 9.38. The molecule has 2 aromatic heterocycles. The van der Waals surface area contributed by atoms with Gasteiger partial charge in [0.1, 0.15) is 16.2 Å². The Morgan fingerprint density at radius 1 is 1.03 bits per heavy atom. The average molecular weight is 494 g/mol. The number of pyridine rings is 1. The number of fused-ring (bicyclic) bond motifs is 3. The van der Waals surface area contributed by atoms with Crippen LogP contribution < -0.4 is 10.5 Å². The van der Waals surface area contributed by atoms with E-state index < -0.39 is 32.4 Å². The molecule has 4 aromatic rings. The van der Waals surface area contributed by atoms with Crippen molar-refractivity contribution in [1.29, 1.82) is 0 Å². The Morgan fingerprint density at radius 3 is 2.56 bits per heavy atom. The first-order valence-electron chi connectivity index (χ1n) is 10.5. The number of rotatable bonds is 9. The minimum atomic E-state index is -4.36. The Balaban J connectivity index is 1.51. The van der Waals surface area contributed by atoms with Gasteiger partial charge in [0.2, 0.25) is 10.0 Å². The highest BCUT2D eigenvalue weighted by atomic mass is 32.2. The first kappa shape index (κ1) is 23.9. The maximum Gasteiger partial charge on any atom is 0.243 e. The van der Waals surface area contributed by atoms with Gasteiger partial charge in [-0.05, 0) is 31.0 Å². The number of imidazole rings is 1. The van der Waals surface area contributed by atoms with Crippen LogP contribution in [0.5, 0.6) is 0 Å². The van der Waals surface area contributed by atoms with E-state index in [1.54, 1.807) is 0 Å². The fourth-order valence-corrected chi connectivity index (χ4v) is 4.97. The molecule has 0 aliphatic heterocycles. The van der Waals surface area contributed by atoms with Crippen LogP contribution in [0.15, 0.2) is 41.3 Å². The number of aliphatic hydroxyl groups is 1. The van der Waals surface area contributed by atoms with Crippen molar-refractivity contribution >= 4 is 37.8 Å². The molecule has 12 heteroatoms. The van der Waals surface area contributed by atoms with Gasteiger partial charge in [0.05, 0.1) is 17.6 Å². The van der Waals surface area contributed by atoms with Crippen LogP contribution in [0, 0.1) is 17.5 Å². The van der Waals surface area contributed by atoms with E-state index in [1.807, 2.05) is 28.8 Å². The number of nitrogens with two attached hydrogens (primary N) is 1. The minimum absolute atomic E-state index is 0.0484. The number of nitrogen functional groups attached to an aromatic ring is 1. The van der Waals surface area contributed by atoms with Crippen molar-refractivity contribution in [2.24, 2.45) is 0 Å². The highest BCUT2D eigenvalue weighted by Crippen LogP contribution is 2.29. The van der Waals surface area contributed by atoms with Crippen molar-refractivity contribution in [3.63, 3.8) is 0 Å². The maximum absolute atomic E-state index is 13.9. The number of para-hydroxylation sites is 1. The number of nitrogens with one attached hydrogen (secondary N) is 1. The number of halogens is 3. The molecule has 0 aliphatic carbocycles. The van der Waals surface area contributed by atoms with Crippen molar-refractivity contribution in [3.8, 4) is 0 Å². The zero-order valence-electron chi connectivity index (χ0n) is 17.9. The molecule has 4 rings (SSSR count). The first-order chi connectivity index (χ1) is 16.2. The first-order valence-corrected chi connectivity index (χ1v) is 12.0. The Kier molecular flexibility index (Phi) is 6.73. The van der Waals surface area contributed by atoms with Crippen molar-refractivity contribution in [1.82, 2.24) is 19.3 Å². The van der Waals surface area contributed by atoms with Gasteiger partial charge in [0.25, 0.3) is 0 Å². The molecule has 0 fully saturated rings. The maximum atomic E-state index is 13.9. The second-order valence-electron chi connectivity index (χ2n) is 7.64. The summed E-state index contributed by atoms with van der Waals surface area (Å²) in [5.74, 6) is -4.18. The number of hydrogen-bond donors (Lipinski definition) is 3. The number of aromatic nitrogens is 3. The zero-order chi connectivity index (χ0) is 24.5. The summed E-state index contributed by atoms with van der Waals surface area (Å²) in [4.78, 5) is 7.98. The summed E-state index contributed by atoms with van der Waals surface area (Å²) in [7, 11) is -4.36. The van der Waals surface area contributed by atoms with Crippen molar-refractivity contribution in [2.75, 3.05) is 18.9 Å². The van der Waals surface area contributed by atoms with Crippen molar-refractivity contribution in [3.05, 3.63) is 59.7 Å². The molecule has 8 nitrogen and oxygen atoms in total. The minimum Gasteiger partial charge on any atom is -0.396 e. The van der Waals surface area contributed by atoms with E-state index >= 15 is 0 Å². The van der Waals surface area contributed by atoms with Crippen LogP contribution in [0.2, 0.25) is 0 Å². The number of nitrogens with zero attached hydrogens (tertiary/aromatic N) is 3. The van der Waals surface area contributed by atoms with E-state index in [0.717, 1.165) is 10.9 Å². The standard InChI is InChI=1S/C22H22F3N5O3S/c23-14-7-8-16(19(25)18(14)24)34(32,33)27-10-3-4-11-30-17(9-12-31)29-20-21(30)13-5-1-2-6-15(13)28-22(20)26/h1-2,5-8,27,31H,3-4,9-12H2,(H2,26,28). The fourth-order valence-electron chi connectivity index (χ4n) is 3.83. The van der Waals surface area contributed by atoms with Gasteiger partial charge in [-0.15, -0.1) is 0 Å². The van der Waals surface area contributed by atoms with Gasteiger partial charge in [-0.25, -0.2) is 36.3 Å². The quantitative estimate of drug-likeness (QED) is 0.243. The summed E-state index contributed by atoms with van der Waals surface area (Å²) in [5, 5.41) is 10.3. The monoisotopic (exact) mass is 493 g/mol. The third-order valence-electron chi connectivity index (χ3n) is 5.41. The second kappa shape index (κ2) is 9.57. The van der Waals surface area contributed by atoms with E-state index in [2.05, 4.69) is 14.7 Å². The van der Waals surface area contributed by atoms with Gasteiger partial charge in [-0.1, -0.05) is 18.2 Å². The predicted molar refractivity (Wildman–Crippen MR) is 121 cm³/mol. The van der Waals surface area contributed by atoms with Gasteiger partial charge < -0.3 is 15.4 Å². The summed E-state index contributed by atoms with van der Waals surface area (Å²) < 4.78 is 69.1. The molecule has 0 atom stereocenters. The summed E-state index contributed by atoms with van der Waals surface area (Å²) in [6.45, 7) is 0.280. The lowest BCUT2D eigenvalue weighted by Crippen LogP contribution is -2.26. The number of aliphatic hydroxyl groups excluding tert-OH is 1. The molecule has 4 N–H and O–H groups in total. The zero-order valence-corrected chi connectivity index (χ0v) is 18.7. The molecule has 0 unspecified atom stereocenters. The SMILES string of the molecule is Nc1nc2ccccc2c2c1nc(CCO)n2CCCCNS(=O)(=O)c1ccc(F)c(F)c1F. The largest absolute Gasteiger partial charge is 0.396 e. The van der Waals surface area contributed by atoms with Gasteiger partial charge in [-0.2, -0.15) is 0 Å². The number of aryl methyl sites for hydroxylation is 1. The molecular weight excluding hydrogens is 471 g/mol. The third kappa shape index (κ3) is 4.43. The number of anilines is 1. The van der Waals surface area contributed by atoms with Crippen LogP contribution in [-0.2, 0) is 23.0 Å². The normalized spacial score (nSPS) is 12.1. The summed E-state index contributed by atoms with van der Waals surface area (Å²) in [6, 6.07) is 8.69. The highest BCUT2D eigenvalue weighted by Gasteiger charge is 2.23. The van der Waals surface area contributed by atoms with Crippen LogP contribution in [0.3, 0.4) is 0 Å². The lowest BCUT2D eigenvalue weighted by atomic mass is 10.2. The molecule has 0 radical (unpaired) electrons. The average Bonchev–Trinajstić information content (AvgIpc) is 3.16. The van der Waals surface area contributed by atoms with E-state index in [4.69, 9.17) is 5.73 Å². The highest BCUT2D eigenvalue weighted by molar-refractivity contribution is 7.89. The van der Waals surface area contributed by atoms with E-state index in [9.17, 15) is 26.7 Å². The molecule has 180 valence electrons. The number of hydrogen-bond acceptors (Lipinski definition) is 6. The summed E-state index contributed by atoms with van der Waals surface area (Å²) in [6.07, 6.45) is 1.16. The Hall–Kier alpha value is -3.22. The molecule has 0 saturated carbocycles. The lowest BCUT2D eigenvalue weighted by molar-refractivity contribution is 0.294. The van der Waals surface area contributed by atoms with Gasteiger partial charge >= 0.3 is 0 Å². The molecule has 0 aliphatic rings. The van der Waals surface area contributed by atoms with E-state index in [0.29, 0.717) is 54.8 Å². The summed E-state index contributed by atoms with van der Waals surface area (Å²) >= 11 is 0. The van der Waals surface area contributed by atoms with Crippen LogP contribution in [0.25, 0.3) is 21.9 Å². The molecule has 0 spiro atoms. The number of sulfonamides is 1. The Bertz CT molecular complexity index is 1470. The molecule has 2 heterocycles. The van der Waals surface area contributed by atoms with E-state index in [-0.39, 0.29) is 19.0 Å². The van der Waals surface area contributed by atoms with Gasteiger partial charge in [0, 0.05) is 24.9 Å². The molecular formula is C22H22F3N5O3S. The van der Waals surface area contributed by atoms with Crippen LogP contribution in [0.1, 0.15) is 18.7 Å². The molecule has 0 bridgehead atoms. The Morgan fingerprint density at radius 2 is 1.79 bits per heavy atom. The number of unbranched alkanes of at least 4 members (excludes halogenated alkanes) is 1. The third-order valence-corrected chi connectivity index (χ3v) is 6.89. The van der Waals surface area contributed by atoms with Crippen LogP contribution >= 0.6 is 0 Å². The predicted octanol–water partition coefficient (Wildman–Crippen LogP) is 2.88. The molecule has 0 amide bonds. The van der Waals surface area contributed by atoms with E-state index in [1.165, 1.54) is 0 Å². The molecule has 0 saturated heterocycles. The molecule has 2 aromatic carbocycles. The topological polar surface area (TPSA) is 123 Å². The lowest BCUT2D eigenvalue weighted by Gasteiger charge is -2.11. The van der Waals surface area contributed by atoms with Gasteiger partial charge in [-0.3, -0.25) is 0 Å². The smallest absolute Gasteiger partial charge is 0.243 e. The molecule has 34 heavy (non-hydrogen) atoms. The fraction of sp³-hybridized carbons (Fsp3) is 0.273. The van der Waals surface area contributed by atoms with Crippen molar-refractivity contribution < 1.29 is 26.7 Å². The number of benzene rings is 2. The van der Waals surface area contributed by atoms with Crippen LogP contribution in [-0.4, -0.2) is 41.2 Å². The Labute approximate surface area is 193 Å².